The molecule has 1 aromatic carbocycles. The van der Waals surface area contributed by atoms with Crippen LogP contribution in [-0.4, -0.2) is 58.8 Å². The van der Waals surface area contributed by atoms with Gasteiger partial charge in [-0.3, -0.25) is 14.6 Å². The number of Topliss-reactive ketones (excluding diaryl/α,β-unsaturated/α-hetero) is 1. The maximum Gasteiger partial charge on any atom is 0.224 e. The van der Waals surface area contributed by atoms with Crippen molar-refractivity contribution in [3.8, 4) is 17.0 Å². The summed E-state index contributed by atoms with van der Waals surface area (Å²) in [6.07, 6.45) is 12.3. The molecular weight excluding hydrogens is 526 g/mol. The Morgan fingerprint density at radius 3 is 2.71 bits per heavy atom. The van der Waals surface area contributed by atoms with Crippen LogP contribution >= 0.6 is 0 Å². The normalized spacial score (nSPS) is 20.5. The zero-order chi connectivity index (χ0) is 29.3. The van der Waals surface area contributed by atoms with E-state index in [1.165, 1.54) is 12.8 Å². The van der Waals surface area contributed by atoms with Crippen LogP contribution in [0.25, 0.3) is 22.2 Å². The van der Waals surface area contributed by atoms with Gasteiger partial charge in [0.25, 0.3) is 0 Å². The minimum atomic E-state index is -0.203. The first-order valence-corrected chi connectivity index (χ1v) is 15.9. The number of rotatable bonds is 13. The third-order valence-corrected chi connectivity index (χ3v) is 9.89. The summed E-state index contributed by atoms with van der Waals surface area (Å²) in [6.45, 7) is 4.05. The lowest BCUT2D eigenvalue weighted by molar-refractivity contribution is -0.124. The molecule has 0 radical (unpaired) electrons. The lowest BCUT2D eigenvalue weighted by Gasteiger charge is -2.30. The van der Waals surface area contributed by atoms with E-state index in [4.69, 9.17) is 14.7 Å². The third-order valence-electron chi connectivity index (χ3n) is 9.89. The van der Waals surface area contributed by atoms with Crippen LogP contribution in [0.4, 0.5) is 0 Å². The van der Waals surface area contributed by atoms with E-state index < -0.39 is 0 Å². The van der Waals surface area contributed by atoms with Gasteiger partial charge in [0.1, 0.15) is 17.4 Å². The number of nitrogens with zero attached hydrogens (tertiary/aromatic N) is 3. The van der Waals surface area contributed by atoms with Crippen molar-refractivity contribution in [3.05, 3.63) is 42.0 Å². The number of carbonyl (C=O) groups excluding carboxylic acids is 2. The van der Waals surface area contributed by atoms with Crippen molar-refractivity contribution < 1.29 is 14.3 Å². The molecule has 42 heavy (non-hydrogen) atoms. The molecule has 3 heterocycles. The van der Waals surface area contributed by atoms with Crippen molar-refractivity contribution in [2.45, 2.75) is 89.5 Å². The quantitative estimate of drug-likeness (QED) is 0.233. The maximum absolute atomic E-state index is 13.5. The average molecular weight is 572 g/mol. The molecule has 2 atom stereocenters. The zero-order valence-corrected chi connectivity index (χ0v) is 25.4. The molecule has 6 rings (SSSR count). The first-order valence-electron chi connectivity index (χ1n) is 15.9. The molecule has 0 bridgehead atoms. The number of nitrogens with one attached hydrogen (secondary N) is 2. The Bertz CT molecular complexity index is 1440. The summed E-state index contributed by atoms with van der Waals surface area (Å²) in [6, 6.07) is 8.22. The number of aromatic amines is 1. The Hall–Kier alpha value is -3.26. The fraction of sp³-hybridized carbons (Fsp3) is 0.588. The molecular formula is C34H45N5O3. The number of imidazole rings is 1. The number of ether oxygens (including phenoxy) is 1. The number of amides is 1. The van der Waals surface area contributed by atoms with Crippen molar-refractivity contribution in [1.29, 1.82) is 0 Å². The minimum absolute atomic E-state index is 0.0962. The fourth-order valence-corrected chi connectivity index (χ4v) is 6.71. The number of aromatic nitrogens is 3. The topological polar surface area (TPSA) is 100 Å². The molecule has 3 aliphatic rings. The highest BCUT2D eigenvalue weighted by molar-refractivity contribution is 5.88. The van der Waals surface area contributed by atoms with Crippen LogP contribution < -0.4 is 10.1 Å². The summed E-state index contributed by atoms with van der Waals surface area (Å²) in [5, 5.41) is 4.44. The molecule has 1 amide bonds. The molecule has 1 aliphatic heterocycles. The van der Waals surface area contributed by atoms with Crippen LogP contribution in [0.15, 0.2) is 30.5 Å². The monoisotopic (exact) mass is 571 g/mol. The Labute approximate surface area is 249 Å². The molecule has 1 spiro atoms. The zero-order valence-electron chi connectivity index (χ0n) is 25.4. The predicted octanol–water partition coefficient (Wildman–Crippen LogP) is 6.33. The number of benzene rings is 1. The van der Waals surface area contributed by atoms with Crippen LogP contribution in [0.5, 0.6) is 5.75 Å². The fourth-order valence-electron chi connectivity index (χ4n) is 6.71. The largest absolute Gasteiger partial charge is 0.496 e. The summed E-state index contributed by atoms with van der Waals surface area (Å²) in [5.74, 6) is 2.69. The van der Waals surface area contributed by atoms with Crippen LogP contribution in [0.2, 0.25) is 0 Å². The summed E-state index contributed by atoms with van der Waals surface area (Å²) in [5.41, 5.74) is 4.08. The van der Waals surface area contributed by atoms with E-state index in [0.717, 1.165) is 97.5 Å². The molecule has 2 N–H and O–H groups in total. The van der Waals surface area contributed by atoms with Gasteiger partial charge in [0.15, 0.2) is 0 Å². The van der Waals surface area contributed by atoms with E-state index in [0.29, 0.717) is 24.5 Å². The van der Waals surface area contributed by atoms with Crippen molar-refractivity contribution in [1.82, 2.24) is 25.2 Å². The summed E-state index contributed by atoms with van der Waals surface area (Å²) < 4.78 is 5.80. The van der Waals surface area contributed by atoms with Gasteiger partial charge in [0, 0.05) is 47.4 Å². The highest BCUT2D eigenvalue weighted by Gasteiger charge is 2.58. The first-order chi connectivity index (χ1) is 20.4. The van der Waals surface area contributed by atoms with E-state index in [9.17, 15) is 9.59 Å². The molecule has 3 aromatic rings. The molecule has 3 fully saturated rings. The summed E-state index contributed by atoms with van der Waals surface area (Å²) in [7, 11) is 3.85. The van der Waals surface area contributed by atoms with Crippen LogP contribution in [0.1, 0.15) is 101 Å². The third kappa shape index (κ3) is 6.24. The number of unbranched alkanes of at least 4 members (excludes halogenated alkanes) is 2. The predicted molar refractivity (Wildman–Crippen MR) is 164 cm³/mol. The van der Waals surface area contributed by atoms with E-state index >= 15 is 0 Å². The van der Waals surface area contributed by atoms with Crippen LogP contribution in [0.3, 0.4) is 0 Å². The highest BCUT2D eigenvalue weighted by atomic mass is 16.5. The highest BCUT2D eigenvalue weighted by Crippen LogP contribution is 2.59. The second-order valence-corrected chi connectivity index (χ2v) is 12.9. The standard InChI is InChI=1S/C34H45N5O3/c1-4-24(40)8-6-5-7-9-28(38-33(41)26-20-34(26)14-16-39(2)17-15-34)32-35-21-30(37-32)25-18-23-12-13-27(22-10-11-22)36-29(23)19-31(25)42-3/h12-13,18-19,21-22,26,28H,4-11,14-17,20H2,1-3H3,(H,35,37)(H,38,41)/t26-,28?/m1/s1. The van der Waals surface area contributed by atoms with Crippen LogP contribution in [-0.2, 0) is 9.59 Å². The SMILES string of the molecule is CCC(=O)CCCCCC(NC(=O)[C@H]1CC12CCN(C)CC2)c1ncc(-c2cc3ccc(C4CC4)nc3cc2OC)[nH]1. The molecule has 1 saturated heterocycles. The lowest BCUT2D eigenvalue weighted by Crippen LogP contribution is -2.36. The Kier molecular flexibility index (Phi) is 8.35. The molecule has 1 unspecified atom stereocenters. The van der Waals surface area contributed by atoms with E-state index in [-0.39, 0.29) is 23.3 Å². The van der Waals surface area contributed by atoms with E-state index in [1.54, 1.807) is 7.11 Å². The van der Waals surface area contributed by atoms with Crippen molar-refractivity contribution >= 4 is 22.6 Å². The number of hydrogen-bond acceptors (Lipinski definition) is 6. The second kappa shape index (κ2) is 12.2. The molecule has 224 valence electrons. The molecule has 8 heteroatoms. The van der Waals surface area contributed by atoms with Gasteiger partial charge in [-0.1, -0.05) is 25.8 Å². The second-order valence-electron chi connectivity index (χ2n) is 12.9. The van der Waals surface area contributed by atoms with Gasteiger partial charge in [-0.15, -0.1) is 0 Å². The first kappa shape index (κ1) is 28.8. The number of likely N-dealkylation sites (tertiary alicyclic amines) is 1. The van der Waals surface area contributed by atoms with Crippen LogP contribution in [0, 0.1) is 11.3 Å². The van der Waals surface area contributed by atoms with Crippen molar-refractivity contribution in [3.63, 3.8) is 0 Å². The van der Waals surface area contributed by atoms with Gasteiger partial charge in [-0.25, -0.2) is 4.98 Å². The number of methoxy groups -OCH3 is 1. The van der Waals surface area contributed by atoms with Gasteiger partial charge >= 0.3 is 0 Å². The smallest absolute Gasteiger partial charge is 0.224 e. The molecule has 2 aromatic heterocycles. The summed E-state index contributed by atoms with van der Waals surface area (Å²) in [4.78, 5) is 40.9. The Morgan fingerprint density at radius 1 is 1.17 bits per heavy atom. The van der Waals surface area contributed by atoms with Gasteiger partial charge in [0.2, 0.25) is 5.91 Å². The summed E-state index contributed by atoms with van der Waals surface area (Å²) >= 11 is 0. The minimum Gasteiger partial charge on any atom is -0.496 e. The van der Waals surface area contributed by atoms with Crippen molar-refractivity contribution in [2.24, 2.45) is 11.3 Å². The number of piperidine rings is 1. The van der Waals surface area contributed by atoms with Gasteiger partial charge < -0.3 is 19.9 Å². The Morgan fingerprint density at radius 2 is 1.98 bits per heavy atom. The lowest BCUT2D eigenvalue weighted by atomic mass is 9.91. The molecule has 8 nitrogen and oxygen atoms in total. The van der Waals surface area contributed by atoms with Gasteiger partial charge in [0.05, 0.1) is 30.6 Å². The molecule has 2 saturated carbocycles. The van der Waals surface area contributed by atoms with Gasteiger partial charge in [-0.2, -0.15) is 0 Å². The van der Waals surface area contributed by atoms with Gasteiger partial charge in [-0.05, 0) is 82.6 Å². The maximum atomic E-state index is 13.5. The van der Waals surface area contributed by atoms with E-state index in [1.807, 2.05) is 19.2 Å². The number of fused-ring (bicyclic) bond motifs is 1. The average Bonchev–Trinajstić information content (AvgIpc) is 3.93. The number of carbonyl (C=O) groups is 2. The number of ketones is 1. The van der Waals surface area contributed by atoms with E-state index in [2.05, 4.69) is 40.4 Å². The van der Waals surface area contributed by atoms with Crippen molar-refractivity contribution in [2.75, 3.05) is 27.2 Å². The molecule has 2 aliphatic carbocycles. The number of hydrogen-bond donors (Lipinski definition) is 2. The number of pyridine rings is 1. The Balaban J connectivity index is 1.19. The number of H-pyrrole nitrogens is 1.